The molecule has 1 aromatic rings. The maximum absolute atomic E-state index is 6.10. The van der Waals surface area contributed by atoms with Crippen LogP contribution in [0.1, 0.15) is 44.3 Å². The molecule has 0 spiro atoms. The van der Waals surface area contributed by atoms with Crippen LogP contribution in [0.4, 0.5) is 0 Å². The summed E-state index contributed by atoms with van der Waals surface area (Å²) in [5.74, 6) is 1.82. The average molecular weight is 239 g/mol. The predicted octanol–water partition coefficient (Wildman–Crippen LogP) is 1.67. The van der Waals surface area contributed by atoms with Crippen molar-refractivity contribution >= 4 is 0 Å². The molecule has 17 heavy (non-hydrogen) atoms. The highest BCUT2D eigenvalue weighted by molar-refractivity contribution is 4.90. The Morgan fingerprint density at radius 3 is 3.00 bits per heavy atom. The molecule has 0 amide bonds. The smallest absolute Gasteiger partial charge is 0.227 e. The fourth-order valence-corrected chi connectivity index (χ4v) is 2.34. The molecule has 1 fully saturated rings. The Kier molecular flexibility index (Phi) is 4.50. The summed E-state index contributed by atoms with van der Waals surface area (Å²) in [6, 6.07) is 0.283. The fourth-order valence-electron chi connectivity index (χ4n) is 2.34. The van der Waals surface area contributed by atoms with Crippen molar-refractivity contribution in [2.45, 2.75) is 51.7 Å². The molecular formula is C12H21N3O2. The van der Waals surface area contributed by atoms with Gasteiger partial charge in [0.15, 0.2) is 5.82 Å². The zero-order valence-corrected chi connectivity index (χ0v) is 10.4. The summed E-state index contributed by atoms with van der Waals surface area (Å²) in [5, 5.41) is 3.89. The van der Waals surface area contributed by atoms with E-state index in [0.717, 1.165) is 12.8 Å². The SMILES string of the molecule is CCOCc1noc(CC2CCCCC2N)n1. The van der Waals surface area contributed by atoms with Gasteiger partial charge in [0.05, 0.1) is 0 Å². The van der Waals surface area contributed by atoms with Gasteiger partial charge in [0, 0.05) is 19.1 Å². The van der Waals surface area contributed by atoms with Crippen LogP contribution in [0.25, 0.3) is 0 Å². The summed E-state index contributed by atoms with van der Waals surface area (Å²) in [6.07, 6.45) is 5.60. The maximum Gasteiger partial charge on any atom is 0.227 e. The molecule has 96 valence electrons. The minimum Gasteiger partial charge on any atom is -0.374 e. The highest BCUT2D eigenvalue weighted by Gasteiger charge is 2.24. The first kappa shape index (κ1) is 12.5. The Balaban J connectivity index is 1.87. The first-order valence-electron chi connectivity index (χ1n) is 6.44. The summed E-state index contributed by atoms with van der Waals surface area (Å²) in [7, 11) is 0. The summed E-state index contributed by atoms with van der Waals surface area (Å²) in [5.41, 5.74) is 6.10. The van der Waals surface area contributed by atoms with Gasteiger partial charge in [-0.15, -0.1) is 0 Å². The van der Waals surface area contributed by atoms with Gasteiger partial charge in [-0.05, 0) is 25.7 Å². The summed E-state index contributed by atoms with van der Waals surface area (Å²) >= 11 is 0. The molecule has 1 aromatic heterocycles. The van der Waals surface area contributed by atoms with Gasteiger partial charge in [0.1, 0.15) is 6.61 Å². The lowest BCUT2D eigenvalue weighted by molar-refractivity contribution is 0.126. The third kappa shape index (κ3) is 3.51. The Hall–Kier alpha value is -0.940. The van der Waals surface area contributed by atoms with Gasteiger partial charge >= 0.3 is 0 Å². The van der Waals surface area contributed by atoms with Crippen molar-refractivity contribution in [1.82, 2.24) is 10.1 Å². The molecule has 0 aromatic carbocycles. The fraction of sp³-hybridized carbons (Fsp3) is 0.833. The number of ether oxygens (including phenoxy) is 1. The van der Waals surface area contributed by atoms with Gasteiger partial charge in [0.25, 0.3) is 0 Å². The van der Waals surface area contributed by atoms with E-state index in [4.69, 9.17) is 15.0 Å². The molecule has 0 saturated heterocycles. The number of nitrogens with zero attached hydrogens (tertiary/aromatic N) is 2. The van der Waals surface area contributed by atoms with E-state index in [1.807, 2.05) is 6.92 Å². The van der Waals surface area contributed by atoms with E-state index in [1.165, 1.54) is 19.3 Å². The van der Waals surface area contributed by atoms with Gasteiger partial charge in [-0.1, -0.05) is 18.0 Å². The minimum absolute atomic E-state index is 0.283. The molecule has 1 aliphatic carbocycles. The lowest BCUT2D eigenvalue weighted by atomic mass is 9.83. The van der Waals surface area contributed by atoms with Crippen LogP contribution in [0.5, 0.6) is 0 Å². The highest BCUT2D eigenvalue weighted by atomic mass is 16.5. The summed E-state index contributed by atoms with van der Waals surface area (Å²) < 4.78 is 10.5. The van der Waals surface area contributed by atoms with Crippen LogP contribution in [0.2, 0.25) is 0 Å². The van der Waals surface area contributed by atoms with E-state index in [1.54, 1.807) is 0 Å². The largest absolute Gasteiger partial charge is 0.374 e. The average Bonchev–Trinajstić information content (AvgIpc) is 2.77. The summed E-state index contributed by atoms with van der Waals surface area (Å²) in [4.78, 5) is 4.32. The van der Waals surface area contributed by atoms with Gasteiger partial charge in [-0.25, -0.2) is 0 Å². The van der Waals surface area contributed by atoms with Gasteiger partial charge in [-0.3, -0.25) is 0 Å². The third-order valence-electron chi connectivity index (χ3n) is 3.35. The number of nitrogens with two attached hydrogens (primary N) is 1. The molecule has 5 heteroatoms. The molecule has 1 heterocycles. The molecule has 2 N–H and O–H groups in total. The van der Waals surface area contributed by atoms with Gasteiger partial charge in [0.2, 0.25) is 5.89 Å². The van der Waals surface area contributed by atoms with Gasteiger partial charge < -0.3 is 15.0 Å². The van der Waals surface area contributed by atoms with Crippen molar-refractivity contribution in [3.8, 4) is 0 Å². The minimum atomic E-state index is 0.283. The van der Waals surface area contributed by atoms with Crippen molar-refractivity contribution in [3.63, 3.8) is 0 Å². The van der Waals surface area contributed by atoms with Crippen LogP contribution in [0.15, 0.2) is 4.52 Å². The molecule has 2 atom stereocenters. The topological polar surface area (TPSA) is 74.2 Å². The second-order valence-electron chi connectivity index (χ2n) is 4.65. The van der Waals surface area contributed by atoms with Crippen LogP contribution >= 0.6 is 0 Å². The Morgan fingerprint density at radius 2 is 2.24 bits per heavy atom. The van der Waals surface area contributed by atoms with Crippen LogP contribution in [-0.4, -0.2) is 22.8 Å². The molecule has 2 rings (SSSR count). The number of hydrogen-bond donors (Lipinski definition) is 1. The molecule has 2 unspecified atom stereocenters. The van der Waals surface area contributed by atoms with Crippen LogP contribution in [0.3, 0.4) is 0 Å². The second kappa shape index (κ2) is 6.12. The zero-order chi connectivity index (χ0) is 12.1. The zero-order valence-electron chi connectivity index (χ0n) is 10.4. The number of aromatic nitrogens is 2. The van der Waals surface area contributed by atoms with E-state index in [9.17, 15) is 0 Å². The molecule has 1 aliphatic rings. The quantitative estimate of drug-likeness (QED) is 0.846. The molecular weight excluding hydrogens is 218 g/mol. The van der Waals surface area contributed by atoms with Crippen molar-refractivity contribution < 1.29 is 9.26 Å². The Morgan fingerprint density at radius 1 is 1.41 bits per heavy atom. The van der Waals surface area contributed by atoms with E-state index >= 15 is 0 Å². The van der Waals surface area contributed by atoms with E-state index in [-0.39, 0.29) is 6.04 Å². The van der Waals surface area contributed by atoms with Crippen molar-refractivity contribution in [3.05, 3.63) is 11.7 Å². The van der Waals surface area contributed by atoms with Crippen LogP contribution in [-0.2, 0) is 17.8 Å². The molecule has 0 aliphatic heterocycles. The number of hydrogen-bond acceptors (Lipinski definition) is 5. The van der Waals surface area contributed by atoms with E-state index in [0.29, 0.717) is 30.8 Å². The monoisotopic (exact) mass is 239 g/mol. The Bertz CT molecular complexity index is 340. The lowest BCUT2D eigenvalue weighted by Crippen LogP contribution is -2.34. The van der Waals surface area contributed by atoms with E-state index in [2.05, 4.69) is 10.1 Å². The molecule has 0 bridgehead atoms. The third-order valence-corrected chi connectivity index (χ3v) is 3.35. The highest BCUT2D eigenvalue weighted by Crippen LogP contribution is 2.25. The first-order chi connectivity index (χ1) is 8.29. The molecule has 0 radical (unpaired) electrons. The van der Waals surface area contributed by atoms with Gasteiger partial charge in [-0.2, -0.15) is 4.98 Å². The van der Waals surface area contributed by atoms with Crippen LogP contribution in [0, 0.1) is 5.92 Å². The normalized spacial score (nSPS) is 25.1. The standard InChI is InChI=1S/C12H21N3O2/c1-2-16-8-11-14-12(17-15-11)7-9-5-3-4-6-10(9)13/h9-10H,2-8,13H2,1H3. The molecule has 1 saturated carbocycles. The first-order valence-corrected chi connectivity index (χ1v) is 6.44. The Labute approximate surface area is 102 Å². The van der Waals surface area contributed by atoms with Crippen molar-refractivity contribution in [1.29, 1.82) is 0 Å². The lowest BCUT2D eigenvalue weighted by Gasteiger charge is -2.27. The molecule has 5 nitrogen and oxygen atoms in total. The van der Waals surface area contributed by atoms with E-state index < -0.39 is 0 Å². The maximum atomic E-state index is 6.10. The van der Waals surface area contributed by atoms with Crippen LogP contribution < -0.4 is 5.73 Å². The number of rotatable bonds is 5. The predicted molar refractivity (Wildman–Crippen MR) is 63.3 cm³/mol. The summed E-state index contributed by atoms with van der Waals surface area (Å²) in [6.45, 7) is 3.04. The van der Waals surface area contributed by atoms with Crippen molar-refractivity contribution in [2.24, 2.45) is 11.7 Å². The second-order valence-corrected chi connectivity index (χ2v) is 4.65. The van der Waals surface area contributed by atoms with Crippen molar-refractivity contribution in [2.75, 3.05) is 6.61 Å².